The monoisotopic (exact) mass is 285 g/mol. The fourth-order valence-corrected chi connectivity index (χ4v) is 1.90. The number of hydrogen-bond donors (Lipinski definition) is 2. The number of benzene rings is 1. The number of rotatable bonds is 5. The van der Waals surface area contributed by atoms with Gasteiger partial charge in [0, 0.05) is 10.5 Å². The fraction of sp³-hybridized carbons (Fsp3) is 0.417. The van der Waals surface area contributed by atoms with Crippen LogP contribution in [0, 0.1) is 0 Å². The molecule has 0 saturated carbocycles. The van der Waals surface area contributed by atoms with Crippen LogP contribution in [0.1, 0.15) is 37.0 Å². The van der Waals surface area contributed by atoms with E-state index in [1.807, 2.05) is 6.07 Å². The molecule has 0 aromatic heterocycles. The molecule has 88 valence electrons. The summed E-state index contributed by atoms with van der Waals surface area (Å²) in [6, 6.07) is 5.47. The van der Waals surface area contributed by atoms with Gasteiger partial charge in [-0.3, -0.25) is 0 Å². The summed E-state index contributed by atoms with van der Waals surface area (Å²) in [4.78, 5) is 11.0. The average molecular weight is 286 g/mol. The van der Waals surface area contributed by atoms with Crippen LogP contribution in [0.5, 0.6) is 0 Å². The lowest BCUT2D eigenvalue weighted by Gasteiger charge is -2.18. The van der Waals surface area contributed by atoms with Gasteiger partial charge in [-0.25, -0.2) is 4.79 Å². The van der Waals surface area contributed by atoms with E-state index in [9.17, 15) is 4.79 Å². The number of carboxylic acids is 1. The highest BCUT2D eigenvalue weighted by atomic mass is 79.9. The van der Waals surface area contributed by atoms with Gasteiger partial charge in [-0.2, -0.15) is 0 Å². The van der Waals surface area contributed by atoms with Gasteiger partial charge in [0.2, 0.25) is 0 Å². The number of carboxylic acid groups (broad SMARTS) is 1. The normalized spacial score (nSPS) is 10.5. The highest BCUT2D eigenvalue weighted by Crippen LogP contribution is 2.23. The summed E-state index contributed by atoms with van der Waals surface area (Å²) in [6.07, 6.45) is 1.95. The molecule has 3 nitrogen and oxygen atoms in total. The molecule has 1 aromatic rings. The van der Waals surface area contributed by atoms with E-state index in [1.165, 1.54) is 0 Å². The quantitative estimate of drug-likeness (QED) is 0.866. The molecular weight excluding hydrogens is 270 g/mol. The van der Waals surface area contributed by atoms with Crippen LogP contribution in [0.4, 0.5) is 5.69 Å². The minimum atomic E-state index is -0.902. The van der Waals surface area contributed by atoms with Gasteiger partial charge in [0.05, 0.1) is 11.3 Å². The zero-order valence-electron chi connectivity index (χ0n) is 9.46. The Kier molecular flexibility index (Phi) is 4.80. The summed E-state index contributed by atoms with van der Waals surface area (Å²) in [5.74, 6) is -0.902. The van der Waals surface area contributed by atoms with Crippen molar-refractivity contribution in [2.45, 2.75) is 32.7 Å². The zero-order chi connectivity index (χ0) is 12.1. The van der Waals surface area contributed by atoms with Crippen LogP contribution in [-0.2, 0) is 0 Å². The highest BCUT2D eigenvalue weighted by Gasteiger charge is 2.12. The van der Waals surface area contributed by atoms with Gasteiger partial charge >= 0.3 is 5.97 Å². The van der Waals surface area contributed by atoms with Crippen molar-refractivity contribution in [1.82, 2.24) is 0 Å². The zero-order valence-corrected chi connectivity index (χ0v) is 11.0. The maximum Gasteiger partial charge on any atom is 0.337 e. The number of hydrogen-bond acceptors (Lipinski definition) is 2. The minimum absolute atomic E-state index is 0.312. The van der Waals surface area contributed by atoms with Crippen molar-refractivity contribution >= 4 is 27.6 Å². The first kappa shape index (κ1) is 13.0. The van der Waals surface area contributed by atoms with E-state index in [0.29, 0.717) is 17.3 Å². The molecule has 0 saturated heterocycles. The van der Waals surface area contributed by atoms with Gasteiger partial charge in [0.1, 0.15) is 0 Å². The van der Waals surface area contributed by atoms with Crippen LogP contribution in [0.2, 0.25) is 0 Å². The Morgan fingerprint density at radius 1 is 1.44 bits per heavy atom. The lowest BCUT2D eigenvalue weighted by Crippen LogP contribution is -2.19. The van der Waals surface area contributed by atoms with Gasteiger partial charge in [-0.1, -0.05) is 29.8 Å². The van der Waals surface area contributed by atoms with Gasteiger partial charge in [-0.15, -0.1) is 0 Å². The molecule has 4 heteroatoms. The van der Waals surface area contributed by atoms with E-state index in [-0.39, 0.29) is 0 Å². The molecule has 0 fully saturated rings. The highest BCUT2D eigenvalue weighted by molar-refractivity contribution is 9.10. The second-order valence-electron chi connectivity index (χ2n) is 3.65. The first-order valence-electron chi connectivity index (χ1n) is 5.37. The van der Waals surface area contributed by atoms with E-state index in [4.69, 9.17) is 5.11 Å². The largest absolute Gasteiger partial charge is 0.478 e. The Hall–Kier alpha value is -1.03. The van der Waals surface area contributed by atoms with Crippen LogP contribution >= 0.6 is 15.9 Å². The molecule has 0 amide bonds. The Labute approximate surface area is 104 Å². The van der Waals surface area contributed by atoms with E-state index >= 15 is 0 Å². The second-order valence-corrected chi connectivity index (χ2v) is 4.57. The van der Waals surface area contributed by atoms with Gasteiger partial charge in [0.15, 0.2) is 0 Å². The Balaban J connectivity index is 3.00. The summed E-state index contributed by atoms with van der Waals surface area (Å²) >= 11 is 3.35. The summed E-state index contributed by atoms with van der Waals surface area (Å²) in [7, 11) is 0. The van der Waals surface area contributed by atoms with Crippen molar-refractivity contribution in [2.75, 3.05) is 5.32 Å². The number of carbonyl (C=O) groups is 1. The molecular formula is C12H16BrNO2. The standard InChI is InChI=1S/C12H16BrNO2/c1-3-9(4-2)14-11-7-8(13)5-6-10(11)12(15)16/h5-7,9,14H,3-4H2,1-2H3,(H,15,16). The Morgan fingerprint density at radius 2 is 2.06 bits per heavy atom. The van der Waals surface area contributed by atoms with Crippen molar-refractivity contribution < 1.29 is 9.90 Å². The van der Waals surface area contributed by atoms with E-state index in [2.05, 4.69) is 35.1 Å². The van der Waals surface area contributed by atoms with Crippen molar-refractivity contribution in [1.29, 1.82) is 0 Å². The SMILES string of the molecule is CCC(CC)Nc1cc(Br)ccc1C(=O)O. The lowest BCUT2D eigenvalue weighted by molar-refractivity contribution is 0.0698. The number of halogens is 1. The Bertz CT molecular complexity index is 375. The van der Waals surface area contributed by atoms with Crippen molar-refractivity contribution in [2.24, 2.45) is 0 Å². The van der Waals surface area contributed by atoms with E-state index in [1.54, 1.807) is 12.1 Å². The van der Waals surface area contributed by atoms with E-state index < -0.39 is 5.97 Å². The molecule has 0 bridgehead atoms. The second kappa shape index (κ2) is 5.89. The third-order valence-corrected chi connectivity index (χ3v) is 3.05. The maximum absolute atomic E-state index is 11.0. The topological polar surface area (TPSA) is 49.3 Å². The molecule has 1 rings (SSSR count). The number of aromatic carboxylic acids is 1. The maximum atomic E-state index is 11.0. The van der Waals surface area contributed by atoms with Gasteiger partial charge in [-0.05, 0) is 31.0 Å². The minimum Gasteiger partial charge on any atom is -0.478 e. The molecule has 0 radical (unpaired) electrons. The van der Waals surface area contributed by atoms with Crippen LogP contribution < -0.4 is 5.32 Å². The van der Waals surface area contributed by atoms with Crippen LogP contribution in [0.25, 0.3) is 0 Å². The van der Waals surface area contributed by atoms with Crippen LogP contribution in [0.15, 0.2) is 22.7 Å². The summed E-state index contributed by atoms with van der Waals surface area (Å²) in [5, 5.41) is 12.3. The Morgan fingerprint density at radius 3 is 2.56 bits per heavy atom. The first-order valence-corrected chi connectivity index (χ1v) is 6.17. The molecule has 16 heavy (non-hydrogen) atoms. The molecule has 1 aromatic carbocycles. The summed E-state index contributed by atoms with van der Waals surface area (Å²) in [6.45, 7) is 4.17. The molecule has 0 unspecified atom stereocenters. The molecule has 0 aliphatic carbocycles. The van der Waals surface area contributed by atoms with E-state index in [0.717, 1.165) is 17.3 Å². The third-order valence-electron chi connectivity index (χ3n) is 2.56. The third kappa shape index (κ3) is 3.23. The molecule has 2 N–H and O–H groups in total. The molecule has 0 aliphatic rings. The first-order chi connectivity index (χ1) is 7.58. The molecule has 0 aliphatic heterocycles. The van der Waals surface area contributed by atoms with Gasteiger partial charge in [0.25, 0.3) is 0 Å². The van der Waals surface area contributed by atoms with Gasteiger partial charge < -0.3 is 10.4 Å². The molecule has 0 spiro atoms. The van der Waals surface area contributed by atoms with Crippen molar-refractivity contribution in [3.8, 4) is 0 Å². The van der Waals surface area contributed by atoms with Crippen LogP contribution in [-0.4, -0.2) is 17.1 Å². The molecule has 0 atom stereocenters. The number of nitrogens with one attached hydrogen (secondary N) is 1. The lowest BCUT2D eigenvalue weighted by atomic mass is 10.1. The summed E-state index contributed by atoms with van der Waals surface area (Å²) in [5.41, 5.74) is 0.991. The van der Waals surface area contributed by atoms with Crippen LogP contribution in [0.3, 0.4) is 0 Å². The van der Waals surface area contributed by atoms with Crippen molar-refractivity contribution in [3.05, 3.63) is 28.2 Å². The molecule has 0 heterocycles. The van der Waals surface area contributed by atoms with Crippen molar-refractivity contribution in [3.63, 3.8) is 0 Å². The predicted octanol–water partition coefficient (Wildman–Crippen LogP) is 3.75. The smallest absolute Gasteiger partial charge is 0.337 e. The summed E-state index contributed by atoms with van der Waals surface area (Å²) < 4.78 is 0.881. The average Bonchev–Trinajstić information content (AvgIpc) is 2.25. The number of anilines is 1. The fourth-order valence-electron chi connectivity index (χ4n) is 1.54. The predicted molar refractivity (Wildman–Crippen MR) is 69.1 cm³/mol.